The normalized spacial score (nSPS) is 17.2. The molecule has 9 aromatic carbocycles. The van der Waals surface area contributed by atoms with E-state index in [0.29, 0.717) is 0 Å². The van der Waals surface area contributed by atoms with Gasteiger partial charge in [-0.2, -0.15) is 0 Å². The molecule has 0 amide bonds. The maximum atomic E-state index is 4.92. The molecule has 0 radical (unpaired) electrons. The first-order chi connectivity index (χ1) is 31.7. The summed E-state index contributed by atoms with van der Waals surface area (Å²) >= 11 is 0. The maximum absolute atomic E-state index is 4.92. The second-order valence-corrected chi connectivity index (χ2v) is 17.2. The number of rotatable bonds is 6. The van der Waals surface area contributed by atoms with E-state index in [1.807, 2.05) is 0 Å². The molecule has 0 saturated heterocycles. The van der Waals surface area contributed by atoms with Gasteiger partial charge in [0.25, 0.3) is 0 Å². The molecule has 1 heteroatoms. The molecule has 64 heavy (non-hydrogen) atoms. The second-order valence-electron chi connectivity index (χ2n) is 17.2. The van der Waals surface area contributed by atoms with E-state index >= 15 is 0 Å². The van der Waals surface area contributed by atoms with Crippen LogP contribution < -0.4 is 4.90 Å². The molecule has 1 spiro atoms. The fourth-order valence-electron chi connectivity index (χ4n) is 11.3. The van der Waals surface area contributed by atoms with E-state index in [4.69, 9.17) is 6.58 Å². The lowest BCUT2D eigenvalue weighted by atomic mass is 9.66. The Labute approximate surface area is 376 Å². The number of anilines is 3. The molecular formula is C63H45N. The van der Waals surface area contributed by atoms with Crippen LogP contribution in [0.4, 0.5) is 17.1 Å². The monoisotopic (exact) mass is 815 g/mol. The van der Waals surface area contributed by atoms with Crippen molar-refractivity contribution in [2.24, 2.45) is 0 Å². The number of hydrogen-bond donors (Lipinski definition) is 0. The molecule has 0 aliphatic heterocycles. The van der Waals surface area contributed by atoms with Crippen molar-refractivity contribution >= 4 is 17.1 Å². The molecule has 1 nitrogen and oxygen atoms in total. The van der Waals surface area contributed by atoms with Crippen LogP contribution in [0.5, 0.6) is 0 Å². The zero-order valence-corrected chi connectivity index (χ0v) is 35.5. The van der Waals surface area contributed by atoms with E-state index < -0.39 is 10.8 Å². The summed E-state index contributed by atoms with van der Waals surface area (Å²) in [5.41, 5.74) is 20.8. The Hall–Kier alpha value is -8.00. The van der Waals surface area contributed by atoms with Gasteiger partial charge < -0.3 is 4.90 Å². The summed E-state index contributed by atoms with van der Waals surface area (Å²) in [6.07, 6.45) is 9.65. The predicted molar refractivity (Wildman–Crippen MR) is 267 cm³/mol. The Kier molecular flexibility index (Phi) is 8.91. The van der Waals surface area contributed by atoms with Crippen LogP contribution in [0.2, 0.25) is 0 Å². The van der Waals surface area contributed by atoms with E-state index in [0.717, 1.165) is 29.1 Å². The molecule has 9 aromatic rings. The highest BCUT2D eigenvalue weighted by molar-refractivity contribution is 5.93. The number of fused-ring (bicyclic) bond motifs is 10. The van der Waals surface area contributed by atoms with E-state index in [1.54, 1.807) is 0 Å². The highest BCUT2D eigenvalue weighted by Gasteiger charge is 2.48. The summed E-state index contributed by atoms with van der Waals surface area (Å²) in [7, 11) is 0. The second kappa shape index (κ2) is 15.1. The fraction of sp³-hybridized carbons (Fsp3) is 0.0476. The van der Waals surface area contributed by atoms with Crippen LogP contribution in [0.15, 0.2) is 261 Å². The first-order valence-electron chi connectivity index (χ1n) is 22.3. The highest BCUT2D eigenvalue weighted by Crippen LogP contribution is 2.60. The van der Waals surface area contributed by atoms with Crippen molar-refractivity contribution in [3.05, 3.63) is 305 Å². The Morgan fingerprint density at radius 3 is 1.62 bits per heavy atom. The van der Waals surface area contributed by atoms with E-state index in [9.17, 15) is 0 Å². The first kappa shape index (κ1) is 37.7. The minimum atomic E-state index is -0.597. The van der Waals surface area contributed by atoms with Gasteiger partial charge >= 0.3 is 0 Å². The third-order valence-corrected chi connectivity index (χ3v) is 14.0. The third-order valence-electron chi connectivity index (χ3n) is 14.0. The van der Waals surface area contributed by atoms with Crippen LogP contribution in [0, 0.1) is 0 Å². The lowest BCUT2D eigenvalue weighted by Gasteiger charge is -2.36. The zero-order valence-electron chi connectivity index (χ0n) is 35.5. The Bertz CT molecular complexity index is 3280. The van der Waals surface area contributed by atoms with Crippen LogP contribution in [0.3, 0.4) is 0 Å². The summed E-state index contributed by atoms with van der Waals surface area (Å²) in [5, 5.41) is 0. The molecule has 0 saturated carbocycles. The van der Waals surface area contributed by atoms with Gasteiger partial charge in [0, 0.05) is 17.1 Å². The molecule has 1 atom stereocenters. The molecule has 0 bridgehead atoms. The molecule has 12 rings (SSSR count). The Morgan fingerprint density at radius 2 is 0.891 bits per heavy atom. The summed E-state index contributed by atoms with van der Waals surface area (Å²) in [4.78, 5) is 2.47. The zero-order chi connectivity index (χ0) is 42.7. The van der Waals surface area contributed by atoms with Crippen molar-refractivity contribution in [3.63, 3.8) is 0 Å². The molecule has 0 heterocycles. The van der Waals surface area contributed by atoms with Gasteiger partial charge in [0.15, 0.2) is 0 Å². The minimum Gasteiger partial charge on any atom is -0.310 e. The van der Waals surface area contributed by atoms with Gasteiger partial charge in [0.1, 0.15) is 0 Å². The average molecular weight is 816 g/mol. The SMILES string of the molecule is C=C1/C=C\C=C/Cc2ccccc2C12c1ccccc1-c1ccc(N(c3cccc(-c4ccccc4)c3)c3ccc4c(c3)-c3ccccc3C4(c3ccccc3)c3ccccc3)cc12. The van der Waals surface area contributed by atoms with Crippen molar-refractivity contribution in [1.29, 1.82) is 0 Å². The smallest absolute Gasteiger partial charge is 0.0713 e. The van der Waals surface area contributed by atoms with Crippen molar-refractivity contribution in [2.45, 2.75) is 17.3 Å². The maximum Gasteiger partial charge on any atom is 0.0713 e. The average Bonchev–Trinajstić information content (AvgIpc) is 3.85. The summed E-state index contributed by atoms with van der Waals surface area (Å²) in [6, 6.07) is 83.1. The van der Waals surface area contributed by atoms with Gasteiger partial charge in [-0.15, -0.1) is 0 Å². The van der Waals surface area contributed by atoms with Crippen molar-refractivity contribution in [2.75, 3.05) is 4.90 Å². The minimum absolute atomic E-state index is 0.482. The van der Waals surface area contributed by atoms with Crippen LogP contribution in [0.1, 0.15) is 44.5 Å². The van der Waals surface area contributed by atoms with Gasteiger partial charge in [-0.1, -0.05) is 219 Å². The largest absolute Gasteiger partial charge is 0.310 e. The molecule has 0 fully saturated rings. The number of benzene rings is 9. The van der Waals surface area contributed by atoms with Crippen molar-refractivity contribution in [3.8, 4) is 33.4 Å². The van der Waals surface area contributed by atoms with Crippen LogP contribution in [-0.2, 0) is 17.3 Å². The van der Waals surface area contributed by atoms with Gasteiger partial charge in [-0.05, 0) is 126 Å². The lowest BCUT2D eigenvalue weighted by Crippen LogP contribution is -2.30. The molecule has 3 aliphatic carbocycles. The predicted octanol–water partition coefficient (Wildman–Crippen LogP) is 15.7. The third kappa shape index (κ3) is 5.57. The lowest BCUT2D eigenvalue weighted by molar-refractivity contribution is 0.760. The topological polar surface area (TPSA) is 3.24 Å². The first-order valence-corrected chi connectivity index (χ1v) is 22.3. The summed E-state index contributed by atoms with van der Waals surface area (Å²) < 4.78 is 0. The van der Waals surface area contributed by atoms with Gasteiger partial charge in [-0.3, -0.25) is 0 Å². The summed E-state index contributed by atoms with van der Waals surface area (Å²) in [6.45, 7) is 4.92. The Balaban J connectivity index is 1.13. The van der Waals surface area contributed by atoms with Gasteiger partial charge in [-0.25, -0.2) is 0 Å². The molecule has 1 unspecified atom stereocenters. The molecule has 302 valence electrons. The highest BCUT2D eigenvalue weighted by atomic mass is 15.1. The van der Waals surface area contributed by atoms with E-state index in [2.05, 4.69) is 254 Å². The van der Waals surface area contributed by atoms with Crippen LogP contribution in [-0.4, -0.2) is 0 Å². The van der Waals surface area contributed by atoms with Gasteiger partial charge in [0.2, 0.25) is 0 Å². The standard InChI is InChI=1S/C63H45N/c1-44-21-6-2-9-24-46-25-14-17-34-57(46)62(44)58-35-18-15-32-53(58)55-39-37-52(43-61(55)62)64(50-31-20-26-47(41-50)45-22-7-3-8-23-45)51-38-40-60-56(42-51)54-33-16-19-36-59(54)63(60,48-27-10-4-11-28-48)49-29-12-5-13-30-49/h2-23,25-43H,1,24H2/b9-2-,21-6-. The van der Waals surface area contributed by atoms with Crippen molar-refractivity contribution in [1.82, 2.24) is 0 Å². The molecular weight excluding hydrogens is 771 g/mol. The van der Waals surface area contributed by atoms with Gasteiger partial charge in [0.05, 0.1) is 10.8 Å². The summed E-state index contributed by atoms with van der Waals surface area (Å²) in [5.74, 6) is 0. The molecule has 0 N–H and O–H groups in total. The number of hydrogen-bond acceptors (Lipinski definition) is 1. The van der Waals surface area contributed by atoms with Crippen LogP contribution >= 0.6 is 0 Å². The number of allylic oxidation sites excluding steroid dienone is 5. The quantitative estimate of drug-likeness (QED) is 0.162. The van der Waals surface area contributed by atoms with Crippen LogP contribution in [0.25, 0.3) is 33.4 Å². The van der Waals surface area contributed by atoms with E-state index in [-0.39, 0.29) is 0 Å². The van der Waals surface area contributed by atoms with E-state index in [1.165, 1.54) is 77.9 Å². The fourth-order valence-corrected chi connectivity index (χ4v) is 11.3. The number of nitrogens with zero attached hydrogens (tertiary/aromatic N) is 1. The van der Waals surface area contributed by atoms with Crippen molar-refractivity contribution < 1.29 is 0 Å². The molecule has 0 aromatic heterocycles. The Morgan fingerprint density at radius 1 is 0.359 bits per heavy atom. The molecule has 3 aliphatic rings.